The monoisotopic (exact) mass is 277 g/mol. The van der Waals surface area contributed by atoms with Gasteiger partial charge in [0.15, 0.2) is 9.04 Å². The molecule has 19 heavy (non-hydrogen) atoms. The maximum absolute atomic E-state index is 6.18. The van der Waals surface area contributed by atoms with E-state index in [1.54, 1.807) is 6.20 Å². The highest BCUT2D eigenvalue weighted by atomic mass is 28.3. The largest absolute Gasteiger partial charge is 0.412 e. The fourth-order valence-electron chi connectivity index (χ4n) is 2.11. The molecule has 0 amide bonds. The highest BCUT2D eigenvalue weighted by Gasteiger charge is 2.24. The van der Waals surface area contributed by atoms with Gasteiger partial charge in [-0.2, -0.15) is 0 Å². The molecule has 5 heteroatoms. The van der Waals surface area contributed by atoms with Crippen LogP contribution < -0.4 is 0 Å². The van der Waals surface area contributed by atoms with Crippen molar-refractivity contribution >= 4 is 14.8 Å². The second kappa shape index (κ2) is 5.42. The number of hydrogen-bond acceptors (Lipinski definition) is 3. The van der Waals surface area contributed by atoms with Crippen molar-refractivity contribution in [2.75, 3.05) is 0 Å². The predicted molar refractivity (Wildman–Crippen MR) is 79.8 cm³/mol. The minimum Gasteiger partial charge on any atom is -0.412 e. The van der Waals surface area contributed by atoms with E-state index in [2.05, 4.69) is 43.8 Å². The average Bonchev–Trinajstić information content (AvgIpc) is 2.68. The van der Waals surface area contributed by atoms with Gasteiger partial charge in [0, 0.05) is 18.6 Å². The highest BCUT2D eigenvalue weighted by molar-refractivity contribution is 6.48. The molecule has 0 spiro atoms. The first kappa shape index (κ1) is 14.2. The zero-order chi connectivity index (χ0) is 14.0. The smallest absolute Gasteiger partial charge is 0.234 e. The highest BCUT2D eigenvalue weighted by Crippen LogP contribution is 2.32. The molecule has 0 fully saturated rings. The Balaban J connectivity index is 2.30. The maximum Gasteiger partial charge on any atom is 0.234 e. The second-order valence-electron chi connectivity index (χ2n) is 6.43. The van der Waals surface area contributed by atoms with Crippen LogP contribution in [0.25, 0.3) is 5.78 Å². The van der Waals surface area contributed by atoms with Crippen molar-refractivity contribution in [1.82, 2.24) is 14.4 Å². The molecule has 0 saturated carbocycles. The molecule has 2 aromatic rings. The Morgan fingerprint density at radius 3 is 2.68 bits per heavy atom. The molecule has 1 unspecified atom stereocenters. The van der Waals surface area contributed by atoms with Crippen LogP contribution in [0.1, 0.15) is 39.0 Å². The topological polar surface area (TPSA) is 39.4 Å². The zero-order valence-corrected chi connectivity index (χ0v) is 13.6. The lowest BCUT2D eigenvalue weighted by atomic mass is 9.88. The molecule has 0 saturated heterocycles. The van der Waals surface area contributed by atoms with E-state index in [1.807, 2.05) is 22.9 Å². The van der Waals surface area contributed by atoms with Crippen LogP contribution in [0, 0.1) is 5.41 Å². The van der Waals surface area contributed by atoms with Gasteiger partial charge in [-0.05, 0) is 31.0 Å². The molecule has 2 aromatic heterocycles. The van der Waals surface area contributed by atoms with Crippen molar-refractivity contribution in [2.24, 2.45) is 5.41 Å². The summed E-state index contributed by atoms with van der Waals surface area (Å²) in [6.45, 7) is 11.1. The number of imidazole rings is 1. The molecular formula is C14H23N3OSi. The van der Waals surface area contributed by atoms with Crippen LogP contribution >= 0.6 is 0 Å². The number of aromatic nitrogens is 3. The van der Waals surface area contributed by atoms with Crippen LogP contribution in [0.5, 0.6) is 0 Å². The summed E-state index contributed by atoms with van der Waals surface area (Å²) in [4.78, 5) is 8.87. The fraction of sp³-hybridized carbons (Fsp3) is 0.571. The molecule has 0 bridgehead atoms. The van der Waals surface area contributed by atoms with Crippen LogP contribution in [0.3, 0.4) is 0 Å². The Morgan fingerprint density at radius 1 is 1.37 bits per heavy atom. The molecule has 0 aromatic carbocycles. The molecule has 0 N–H and O–H groups in total. The first-order chi connectivity index (χ1) is 8.85. The van der Waals surface area contributed by atoms with Gasteiger partial charge >= 0.3 is 0 Å². The van der Waals surface area contributed by atoms with Crippen molar-refractivity contribution < 1.29 is 4.43 Å². The Kier molecular flexibility index (Phi) is 4.06. The van der Waals surface area contributed by atoms with Gasteiger partial charge in [-0.15, -0.1) is 0 Å². The summed E-state index contributed by atoms with van der Waals surface area (Å²) in [6, 6.07) is 1.91. The van der Waals surface area contributed by atoms with E-state index < -0.39 is 9.04 Å². The Morgan fingerprint density at radius 2 is 2.11 bits per heavy atom. The molecule has 104 valence electrons. The second-order valence-corrected chi connectivity index (χ2v) is 8.80. The Labute approximate surface area is 116 Å². The van der Waals surface area contributed by atoms with Gasteiger partial charge in [0.1, 0.15) is 0 Å². The van der Waals surface area contributed by atoms with E-state index in [4.69, 9.17) is 4.43 Å². The van der Waals surface area contributed by atoms with Gasteiger partial charge in [-0.3, -0.25) is 4.40 Å². The van der Waals surface area contributed by atoms with Crippen LogP contribution in [0.2, 0.25) is 13.1 Å². The lowest BCUT2D eigenvalue weighted by Crippen LogP contribution is -2.20. The third-order valence-electron chi connectivity index (χ3n) is 2.82. The van der Waals surface area contributed by atoms with Crippen molar-refractivity contribution in [1.29, 1.82) is 0 Å². The van der Waals surface area contributed by atoms with Crippen molar-refractivity contribution in [3.63, 3.8) is 0 Å². The summed E-state index contributed by atoms with van der Waals surface area (Å²) in [6.07, 6.45) is 6.83. The summed E-state index contributed by atoms with van der Waals surface area (Å²) >= 11 is 0. The van der Waals surface area contributed by atoms with Gasteiger partial charge in [0.2, 0.25) is 5.78 Å². The van der Waals surface area contributed by atoms with Gasteiger partial charge in [0.05, 0.1) is 11.8 Å². The number of nitrogens with zero attached hydrogens (tertiary/aromatic N) is 3. The third kappa shape index (κ3) is 3.88. The molecular weight excluding hydrogens is 254 g/mol. The summed E-state index contributed by atoms with van der Waals surface area (Å²) in [5.41, 5.74) is 1.21. The predicted octanol–water partition coefficient (Wildman–Crippen LogP) is 3.21. The van der Waals surface area contributed by atoms with Gasteiger partial charge < -0.3 is 4.43 Å². The number of hydrogen-bond donors (Lipinski definition) is 0. The maximum atomic E-state index is 6.18. The van der Waals surface area contributed by atoms with Crippen molar-refractivity contribution in [2.45, 2.75) is 46.4 Å². The molecule has 0 radical (unpaired) electrons. The lowest BCUT2D eigenvalue weighted by Gasteiger charge is -2.26. The molecule has 4 nitrogen and oxygen atoms in total. The van der Waals surface area contributed by atoms with Crippen LogP contribution in [-0.2, 0) is 4.43 Å². The summed E-state index contributed by atoms with van der Waals surface area (Å²) < 4.78 is 8.13. The van der Waals surface area contributed by atoms with Gasteiger partial charge in [-0.25, -0.2) is 9.97 Å². The van der Waals surface area contributed by atoms with Crippen LogP contribution in [-0.4, -0.2) is 23.4 Å². The lowest BCUT2D eigenvalue weighted by molar-refractivity contribution is 0.143. The first-order valence-corrected chi connectivity index (χ1v) is 9.58. The summed E-state index contributed by atoms with van der Waals surface area (Å²) in [5.74, 6) is 0.741. The quantitative estimate of drug-likeness (QED) is 0.806. The number of rotatable bonds is 4. The van der Waals surface area contributed by atoms with Crippen LogP contribution in [0.15, 0.2) is 24.7 Å². The SMILES string of the molecule is C[SiH](C)OC(CC(C)(C)C)c1cn2cccnc2n1. The summed E-state index contributed by atoms with van der Waals surface area (Å²) in [5, 5.41) is 0. The molecule has 0 aliphatic heterocycles. The van der Waals surface area contributed by atoms with E-state index in [-0.39, 0.29) is 11.5 Å². The molecule has 2 heterocycles. The standard InChI is InChI=1S/C14H23N3OSi/c1-14(2,3)9-12(18-19(4)5)11-10-17-8-6-7-15-13(17)16-11/h6-8,10,12,19H,9H2,1-5H3. The fourth-order valence-corrected chi connectivity index (χ4v) is 3.00. The van der Waals surface area contributed by atoms with E-state index in [0.29, 0.717) is 0 Å². The van der Waals surface area contributed by atoms with Crippen molar-refractivity contribution in [3.05, 3.63) is 30.4 Å². The normalized spacial score (nSPS) is 14.2. The number of fused-ring (bicyclic) bond motifs is 1. The molecule has 0 aliphatic carbocycles. The minimum atomic E-state index is -1.10. The van der Waals surface area contributed by atoms with Gasteiger partial charge in [-0.1, -0.05) is 20.8 Å². The molecule has 0 aliphatic rings. The minimum absolute atomic E-state index is 0.0772. The molecule has 1 atom stereocenters. The van der Waals surface area contributed by atoms with E-state index in [1.165, 1.54) is 0 Å². The summed E-state index contributed by atoms with van der Waals surface area (Å²) in [7, 11) is -1.10. The van der Waals surface area contributed by atoms with Crippen LogP contribution in [0.4, 0.5) is 0 Å². The van der Waals surface area contributed by atoms with E-state index >= 15 is 0 Å². The van der Waals surface area contributed by atoms with E-state index in [9.17, 15) is 0 Å². The van der Waals surface area contributed by atoms with Crippen molar-refractivity contribution in [3.8, 4) is 0 Å². The first-order valence-electron chi connectivity index (χ1n) is 6.80. The van der Waals surface area contributed by atoms with Gasteiger partial charge in [0.25, 0.3) is 0 Å². The Hall–Kier alpha value is -1.20. The Bertz CT molecular complexity index is 512. The van der Waals surface area contributed by atoms with E-state index in [0.717, 1.165) is 17.9 Å². The molecule has 2 rings (SSSR count). The third-order valence-corrected chi connectivity index (χ3v) is 3.69. The zero-order valence-electron chi connectivity index (χ0n) is 12.4. The average molecular weight is 277 g/mol.